The summed E-state index contributed by atoms with van der Waals surface area (Å²) in [6, 6.07) is 13.5. The number of hydrogen-bond donors (Lipinski definition) is 1. The molecule has 0 aliphatic heterocycles. The summed E-state index contributed by atoms with van der Waals surface area (Å²) in [5, 5.41) is 8.12. The number of nitrogens with one attached hydrogen (secondary N) is 1. The first-order chi connectivity index (χ1) is 11.5. The molecule has 0 aliphatic rings. The summed E-state index contributed by atoms with van der Waals surface area (Å²) < 4.78 is 1.04. The number of aromatic nitrogens is 1. The Morgan fingerprint density at radius 2 is 1.88 bits per heavy atom. The summed E-state index contributed by atoms with van der Waals surface area (Å²) in [5.41, 5.74) is 6.67. The van der Waals surface area contributed by atoms with Crippen molar-refractivity contribution in [3.63, 3.8) is 0 Å². The van der Waals surface area contributed by atoms with E-state index in [1.54, 1.807) is 12.1 Å². The fourth-order valence-corrected chi connectivity index (χ4v) is 3.22. The van der Waals surface area contributed by atoms with E-state index in [0.717, 1.165) is 32.1 Å². The Labute approximate surface area is 162 Å². The SMILES string of the molecule is C/C(=N/Nc1nc(-c2ccc(Br)cc2)cs1)c1ccc(Cl)c(Cl)c1. The Morgan fingerprint density at radius 1 is 1.12 bits per heavy atom. The van der Waals surface area contributed by atoms with Crippen LogP contribution in [0.15, 0.2) is 57.4 Å². The molecular formula is C17H12BrCl2N3S. The normalized spacial score (nSPS) is 11.6. The Morgan fingerprint density at radius 3 is 2.58 bits per heavy atom. The summed E-state index contributed by atoms with van der Waals surface area (Å²) in [6.45, 7) is 1.90. The number of halogens is 3. The molecule has 0 radical (unpaired) electrons. The number of hydrogen-bond acceptors (Lipinski definition) is 4. The predicted octanol–water partition coefficient (Wildman–Crippen LogP) is 6.72. The van der Waals surface area contributed by atoms with Crippen LogP contribution < -0.4 is 5.43 Å². The fourth-order valence-electron chi connectivity index (χ4n) is 2.00. The Hall–Kier alpha value is -1.40. The molecule has 3 rings (SSSR count). The van der Waals surface area contributed by atoms with Crippen molar-refractivity contribution in [2.75, 3.05) is 5.43 Å². The van der Waals surface area contributed by atoms with Gasteiger partial charge in [-0.1, -0.05) is 57.3 Å². The molecule has 0 bridgehead atoms. The molecule has 122 valence electrons. The molecule has 0 atom stereocenters. The van der Waals surface area contributed by atoms with Crippen LogP contribution in [0.4, 0.5) is 5.13 Å². The van der Waals surface area contributed by atoms with Crippen molar-refractivity contribution in [1.29, 1.82) is 0 Å². The van der Waals surface area contributed by atoms with Crippen molar-refractivity contribution in [3.8, 4) is 11.3 Å². The highest BCUT2D eigenvalue weighted by atomic mass is 79.9. The fraction of sp³-hybridized carbons (Fsp3) is 0.0588. The average Bonchev–Trinajstić information content (AvgIpc) is 3.05. The Kier molecular flexibility index (Phi) is 5.56. The molecule has 3 nitrogen and oxygen atoms in total. The molecule has 0 saturated carbocycles. The summed E-state index contributed by atoms with van der Waals surface area (Å²) in [4.78, 5) is 4.55. The summed E-state index contributed by atoms with van der Waals surface area (Å²) >= 11 is 16.9. The zero-order valence-electron chi connectivity index (χ0n) is 12.6. The number of hydrazone groups is 1. The molecule has 0 spiro atoms. The molecule has 7 heteroatoms. The van der Waals surface area contributed by atoms with E-state index in [0.29, 0.717) is 10.0 Å². The van der Waals surface area contributed by atoms with Gasteiger partial charge in [0.1, 0.15) is 0 Å². The second-order valence-electron chi connectivity index (χ2n) is 4.98. The van der Waals surface area contributed by atoms with E-state index in [9.17, 15) is 0 Å². The second-order valence-corrected chi connectivity index (χ2v) is 7.57. The quantitative estimate of drug-likeness (QED) is 0.361. The van der Waals surface area contributed by atoms with Crippen LogP contribution in [0.3, 0.4) is 0 Å². The lowest BCUT2D eigenvalue weighted by molar-refractivity contribution is 1.27. The first kappa shape index (κ1) is 17.4. The van der Waals surface area contributed by atoms with Gasteiger partial charge in [-0.2, -0.15) is 5.10 Å². The number of rotatable bonds is 4. The first-order valence-corrected chi connectivity index (χ1v) is 9.43. The standard InChI is InChI=1S/C17H12BrCl2N3S/c1-10(12-4-7-14(19)15(20)8-12)22-23-17-21-16(9-24-17)11-2-5-13(18)6-3-11/h2-9H,1H3,(H,21,23)/b22-10-. The Bertz CT molecular complexity index is 891. The molecule has 3 aromatic rings. The maximum atomic E-state index is 6.04. The summed E-state index contributed by atoms with van der Waals surface area (Å²) in [5.74, 6) is 0. The van der Waals surface area contributed by atoms with Gasteiger partial charge in [-0.15, -0.1) is 11.3 Å². The van der Waals surface area contributed by atoms with Crippen molar-refractivity contribution in [3.05, 3.63) is 67.9 Å². The van der Waals surface area contributed by atoms with Crippen LogP contribution in [0.2, 0.25) is 10.0 Å². The van der Waals surface area contributed by atoms with Crippen LogP contribution in [0, 0.1) is 0 Å². The predicted molar refractivity (Wildman–Crippen MR) is 108 cm³/mol. The lowest BCUT2D eigenvalue weighted by atomic mass is 10.1. The maximum Gasteiger partial charge on any atom is 0.203 e. The number of nitrogens with zero attached hydrogens (tertiary/aromatic N) is 2. The lowest BCUT2D eigenvalue weighted by Gasteiger charge is -2.03. The topological polar surface area (TPSA) is 37.3 Å². The van der Waals surface area contributed by atoms with E-state index in [1.807, 2.05) is 42.6 Å². The van der Waals surface area contributed by atoms with Gasteiger partial charge in [0.2, 0.25) is 5.13 Å². The average molecular weight is 441 g/mol. The second kappa shape index (κ2) is 7.66. The number of thiazole rings is 1. The third kappa shape index (κ3) is 4.16. The third-order valence-electron chi connectivity index (χ3n) is 3.30. The van der Waals surface area contributed by atoms with Crippen LogP contribution in [-0.4, -0.2) is 10.7 Å². The van der Waals surface area contributed by atoms with Crippen molar-refractivity contribution in [2.45, 2.75) is 6.92 Å². The van der Waals surface area contributed by atoms with Crippen molar-refractivity contribution in [1.82, 2.24) is 4.98 Å². The third-order valence-corrected chi connectivity index (χ3v) is 5.32. The number of benzene rings is 2. The first-order valence-electron chi connectivity index (χ1n) is 7.00. The van der Waals surface area contributed by atoms with Gasteiger partial charge in [-0.3, -0.25) is 5.43 Å². The molecule has 1 heterocycles. The van der Waals surface area contributed by atoms with Gasteiger partial charge >= 0.3 is 0 Å². The van der Waals surface area contributed by atoms with Crippen LogP contribution in [0.1, 0.15) is 12.5 Å². The van der Waals surface area contributed by atoms with Crippen LogP contribution in [0.25, 0.3) is 11.3 Å². The van der Waals surface area contributed by atoms with Gasteiger partial charge < -0.3 is 0 Å². The molecule has 1 aromatic heterocycles. The number of anilines is 1. The van der Waals surface area contributed by atoms with Crippen molar-refractivity contribution >= 4 is 61.3 Å². The van der Waals surface area contributed by atoms with Gasteiger partial charge in [0, 0.05) is 15.4 Å². The van der Waals surface area contributed by atoms with Crippen molar-refractivity contribution in [2.24, 2.45) is 5.10 Å². The molecule has 0 fully saturated rings. The van der Waals surface area contributed by atoms with E-state index in [1.165, 1.54) is 11.3 Å². The largest absolute Gasteiger partial charge is 0.252 e. The summed E-state index contributed by atoms with van der Waals surface area (Å²) in [6.07, 6.45) is 0. The van der Waals surface area contributed by atoms with Crippen LogP contribution in [0.5, 0.6) is 0 Å². The minimum atomic E-state index is 0.510. The lowest BCUT2D eigenvalue weighted by Crippen LogP contribution is -1.99. The maximum absolute atomic E-state index is 6.04. The van der Waals surface area contributed by atoms with Crippen molar-refractivity contribution < 1.29 is 0 Å². The molecule has 0 aliphatic carbocycles. The highest BCUT2D eigenvalue weighted by Gasteiger charge is 2.05. The molecule has 1 N–H and O–H groups in total. The highest BCUT2D eigenvalue weighted by Crippen LogP contribution is 2.26. The monoisotopic (exact) mass is 439 g/mol. The molecular weight excluding hydrogens is 429 g/mol. The van der Waals surface area contributed by atoms with Crippen LogP contribution >= 0.6 is 50.5 Å². The zero-order valence-corrected chi connectivity index (χ0v) is 16.5. The highest BCUT2D eigenvalue weighted by molar-refractivity contribution is 9.10. The smallest absolute Gasteiger partial charge is 0.203 e. The van der Waals surface area contributed by atoms with Gasteiger partial charge in [0.05, 0.1) is 21.5 Å². The molecule has 24 heavy (non-hydrogen) atoms. The zero-order chi connectivity index (χ0) is 17.1. The molecule has 0 unspecified atom stereocenters. The van der Waals surface area contributed by atoms with Gasteiger partial charge in [-0.25, -0.2) is 4.98 Å². The minimum Gasteiger partial charge on any atom is -0.252 e. The van der Waals surface area contributed by atoms with E-state index in [2.05, 4.69) is 31.4 Å². The molecule has 0 amide bonds. The van der Waals surface area contributed by atoms with Gasteiger partial charge in [-0.05, 0) is 36.8 Å². The minimum absolute atomic E-state index is 0.510. The Balaban J connectivity index is 1.74. The van der Waals surface area contributed by atoms with E-state index >= 15 is 0 Å². The van der Waals surface area contributed by atoms with Crippen LogP contribution in [-0.2, 0) is 0 Å². The van der Waals surface area contributed by atoms with Gasteiger partial charge in [0.15, 0.2) is 0 Å². The van der Waals surface area contributed by atoms with E-state index < -0.39 is 0 Å². The molecule has 0 saturated heterocycles. The summed E-state index contributed by atoms with van der Waals surface area (Å²) in [7, 11) is 0. The molecule has 2 aromatic carbocycles. The van der Waals surface area contributed by atoms with E-state index in [4.69, 9.17) is 23.2 Å². The van der Waals surface area contributed by atoms with E-state index in [-0.39, 0.29) is 0 Å². The van der Waals surface area contributed by atoms with Gasteiger partial charge in [0.25, 0.3) is 0 Å².